The maximum Gasteiger partial charge on any atom is 0.347 e. The number of benzene rings is 1. The van der Waals surface area contributed by atoms with Crippen LogP contribution in [0, 0.1) is 23.5 Å². The van der Waals surface area contributed by atoms with Crippen molar-refractivity contribution in [3.05, 3.63) is 59.4 Å². The molecule has 4 nitrogen and oxygen atoms in total. The molecule has 134 valence electrons. The van der Waals surface area contributed by atoms with Crippen molar-refractivity contribution < 1.29 is 31.8 Å². The topological polar surface area (TPSA) is 48.4 Å². The Bertz CT molecular complexity index is 714. The molecule has 0 aliphatic carbocycles. The van der Waals surface area contributed by atoms with Gasteiger partial charge in [-0.2, -0.15) is 22.5 Å². The number of aromatic nitrogens is 1. The smallest absolute Gasteiger partial charge is 0.347 e. The molecule has 0 aliphatic heterocycles. The summed E-state index contributed by atoms with van der Waals surface area (Å²) in [6, 6.07) is 8.94. The highest BCUT2D eigenvalue weighted by atomic mass is 19.2. The molecule has 0 aliphatic rings. The lowest BCUT2D eigenvalue weighted by atomic mass is 10.1. The zero-order valence-electron chi connectivity index (χ0n) is 13.3. The van der Waals surface area contributed by atoms with E-state index in [2.05, 4.69) is 4.98 Å². The molecule has 0 fully saturated rings. The fourth-order valence-electron chi connectivity index (χ4n) is 2.12. The normalized spacial score (nSPS) is 11.9. The SMILES string of the molecule is CCOC(=O)C(CCc1ccccc1)Oc1c(F)c(F)nc(F)c1F. The average Bonchev–Trinajstić information content (AvgIpc) is 2.60. The minimum Gasteiger partial charge on any atom is -0.472 e. The van der Waals surface area contributed by atoms with Gasteiger partial charge in [-0.1, -0.05) is 30.3 Å². The van der Waals surface area contributed by atoms with Crippen LogP contribution in [-0.4, -0.2) is 23.7 Å². The number of hydrogen-bond donors (Lipinski definition) is 0. The number of halogens is 4. The van der Waals surface area contributed by atoms with Crippen LogP contribution in [-0.2, 0) is 16.0 Å². The van der Waals surface area contributed by atoms with Gasteiger partial charge in [-0.05, 0) is 25.3 Å². The van der Waals surface area contributed by atoms with Crippen molar-refractivity contribution in [2.75, 3.05) is 6.61 Å². The van der Waals surface area contributed by atoms with E-state index in [9.17, 15) is 22.4 Å². The van der Waals surface area contributed by atoms with E-state index in [4.69, 9.17) is 9.47 Å². The van der Waals surface area contributed by atoms with Crippen LogP contribution in [0.2, 0.25) is 0 Å². The second kappa shape index (κ2) is 8.46. The number of carbonyl (C=O) groups is 1. The van der Waals surface area contributed by atoms with Gasteiger partial charge in [0.2, 0.25) is 17.4 Å². The van der Waals surface area contributed by atoms with Crippen molar-refractivity contribution in [2.45, 2.75) is 25.9 Å². The molecule has 25 heavy (non-hydrogen) atoms. The third kappa shape index (κ3) is 4.68. The van der Waals surface area contributed by atoms with Crippen molar-refractivity contribution in [2.24, 2.45) is 0 Å². The highest BCUT2D eigenvalue weighted by Crippen LogP contribution is 2.26. The number of pyridine rings is 1. The second-order valence-electron chi connectivity index (χ2n) is 5.03. The lowest BCUT2D eigenvalue weighted by Gasteiger charge is -2.18. The molecular formula is C17H15F4NO3. The third-order valence-corrected chi connectivity index (χ3v) is 3.30. The molecule has 1 unspecified atom stereocenters. The number of ether oxygens (including phenoxy) is 2. The minimum atomic E-state index is -1.86. The van der Waals surface area contributed by atoms with E-state index < -0.39 is 41.4 Å². The summed E-state index contributed by atoms with van der Waals surface area (Å²) in [5.74, 6) is -9.58. The number of aryl methyl sites for hydroxylation is 1. The van der Waals surface area contributed by atoms with E-state index in [1.165, 1.54) is 0 Å². The Kier molecular flexibility index (Phi) is 6.32. The maximum absolute atomic E-state index is 13.7. The summed E-state index contributed by atoms with van der Waals surface area (Å²) in [5.41, 5.74) is 0.841. The molecule has 1 heterocycles. The number of nitrogens with zero attached hydrogens (tertiary/aromatic N) is 1. The Morgan fingerprint density at radius 3 is 2.24 bits per heavy atom. The summed E-state index contributed by atoms with van der Waals surface area (Å²) in [4.78, 5) is 14.4. The quantitative estimate of drug-likeness (QED) is 0.432. The highest BCUT2D eigenvalue weighted by Gasteiger charge is 2.29. The Balaban J connectivity index is 2.23. The summed E-state index contributed by atoms with van der Waals surface area (Å²) in [6.45, 7) is 1.55. The van der Waals surface area contributed by atoms with Crippen LogP contribution < -0.4 is 4.74 Å². The first-order valence-corrected chi connectivity index (χ1v) is 7.51. The van der Waals surface area contributed by atoms with Gasteiger partial charge in [-0.15, -0.1) is 0 Å². The van der Waals surface area contributed by atoms with Crippen LogP contribution in [0.1, 0.15) is 18.9 Å². The van der Waals surface area contributed by atoms with Gasteiger partial charge in [0.25, 0.3) is 11.9 Å². The second-order valence-corrected chi connectivity index (χ2v) is 5.03. The Labute approximate surface area is 141 Å². The Hall–Kier alpha value is -2.64. The van der Waals surface area contributed by atoms with Crippen LogP contribution in [0.15, 0.2) is 30.3 Å². The number of carbonyl (C=O) groups excluding carboxylic acids is 1. The zero-order valence-corrected chi connectivity index (χ0v) is 13.3. The molecule has 0 radical (unpaired) electrons. The molecular weight excluding hydrogens is 342 g/mol. The molecule has 2 aromatic rings. The molecule has 0 amide bonds. The van der Waals surface area contributed by atoms with Gasteiger partial charge in [0.15, 0.2) is 6.10 Å². The van der Waals surface area contributed by atoms with E-state index in [-0.39, 0.29) is 13.0 Å². The lowest BCUT2D eigenvalue weighted by molar-refractivity contribution is -0.151. The van der Waals surface area contributed by atoms with Crippen LogP contribution in [0.4, 0.5) is 17.6 Å². The van der Waals surface area contributed by atoms with Gasteiger partial charge >= 0.3 is 5.97 Å². The van der Waals surface area contributed by atoms with E-state index in [1.54, 1.807) is 37.3 Å². The molecule has 0 bridgehead atoms. The summed E-state index contributed by atoms with van der Waals surface area (Å²) in [6.07, 6.45) is -1.12. The van der Waals surface area contributed by atoms with Crippen molar-refractivity contribution in [3.8, 4) is 5.75 Å². The van der Waals surface area contributed by atoms with Crippen LogP contribution in [0.3, 0.4) is 0 Å². The van der Waals surface area contributed by atoms with Crippen molar-refractivity contribution in [1.82, 2.24) is 4.98 Å². The van der Waals surface area contributed by atoms with Crippen molar-refractivity contribution in [3.63, 3.8) is 0 Å². The molecule has 1 atom stereocenters. The summed E-state index contributed by atoms with van der Waals surface area (Å²) < 4.78 is 63.5. The summed E-state index contributed by atoms with van der Waals surface area (Å²) in [5, 5.41) is 0. The van der Waals surface area contributed by atoms with Gasteiger partial charge in [0.1, 0.15) is 0 Å². The number of esters is 1. The molecule has 0 spiro atoms. The first-order chi connectivity index (χ1) is 11.9. The molecule has 1 aromatic carbocycles. The van der Waals surface area contributed by atoms with Gasteiger partial charge in [-0.25, -0.2) is 4.79 Å². The highest BCUT2D eigenvalue weighted by molar-refractivity contribution is 5.75. The predicted octanol–water partition coefficient (Wildman–Crippen LogP) is 3.58. The first kappa shape index (κ1) is 18.7. The van der Waals surface area contributed by atoms with Gasteiger partial charge in [0, 0.05) is 0 Å². The van der Waals surface area contributed by atoms with Gasteiger partial charge in [-0.3, -0.25) is 0 Å². The zero-order chi connectivity index (χ0) is 18.4. The molecule has 2 rings (SSSR count). The van der Waals surface area contributed by atoms with Crippen LogP contribution in [0.25, 0.3) is 0 Å². The van der Waals surface area contributed by atoms with Crippen molar-refractivity contribution in [1.29, 1.82) is 0 Å². The van der Waals surface area contributed by atoms with E-state index >= 15 is 0 Å². The Morgan fingerprint density at radius 1 is 1.08 bits per heavy atom. The standard InChI is InChI=1S/C17H15F4NO3/c1-2-24-17(23)11(9-8-10-6-4-3-5-7-10)25-14-12(18)15(20)22-16(21)13(14)19/h3-7,11H,2,8-9H2,1H3. The number of rotatable bonds is 7. The Morgan fingerprint density at radius 2 is 1.68 bits per heavy atom. The molecule has 0 saturated carbocycles. The maximum atomic E-state index is 13.7. The summed E-state index contributed by atoms with van der Waals surface area (Å²) in [7, 11) is 0. The van der Waals surface area contributed by atoms with E-state index in [1.807, 2.05) is 0 Å². The fourth-order valence-corrected chi connectivity index (χ4v) is 2.12. The van der Waals surface area contributed by atoms with Gasteiger partial charge in [0.05, 0.1) is 6.61 Å². The third-order valence-electron chi connectivity index (χ3n) is 3.30. The van der Waals surface area contributed by atoms with Crippen LogP contribution >= 0.6 is 0 Å². The average molecular weight is 357 g/mol. The molecule has 1 aromatic heterocycles. The minimum absolute atomic E-state index is 0.00666. The lowest BCUT2D eigenvalue weighted by Crippen LogP contribution is -2.31. The molecule has 0 saturated heterocycles. The molecule has 0 N–H and O–H groups in total. The first-order valence-electron chi connectivity index (χ1n) is 7.51. The van der Waals surface area contributed by atoms with E-state index in [0.717, 1.165) is 5.56 Å². The predicted molar refractivity (Wildman–Crippen MR) is 79.9 cm³/mol. The van der Waals surface area contributed by atoms with Gasteiger partial charge < -0.3 is 9.47 Å². The van der Waals surface area contributed by atoms with E-state index in [0.29, 0.717) is 6.42 Å². The molecule has 8 heteroatoms. The van der Waals surface area contributed by atoms with Crippen molar-refractivity contribution >= 4 is 5.97 Å². The summed E-state index contributed by atoms with van der Waals surface area (Å²) >= 11 is 0. The fraction of sp³-hybridized carbons (Fsp3) is 0.294. The largest absolute Gasteiger partial charge is 0.472 e. The van der Waals surface area contributed by atoms with Crippen LogP contribution in [0.5, 0.6) is 5.75 Å². The monoisotopic (exact) mass is 357 g/mol. The number of hydrogen-bond acceptors (Lipinski definition) is 4.